The van der Waals surface area contributed by atoms with Gasteiger partial charge in [-0.05, 0) is 44.0 Å². The number of carboxylic acid groups (broad SMARTS) is 1. The maximum atomic E-state index is 11.2. The Bertz CT molecular complexity index is 643. The molecule has 0 fully saturated rings. The van der Waals surface area contributed by atoms with Crippen LogP contribution in [0, 0.1) is 20.8 Å². The first-order valence-electron chi connectivity index (χ1n) is 5.81. The van der Waals surface area contributed by atoms with Crippen molar-refractivity contribution in [2.75, 3.05) is 7.11 Å². The van der Waals surface area contributed by atoms with Crippen LogP contribution in [0.5, 0.6) is 5.75 Å². The van der Waals surface area contributed by atoms with E-state index in [4.69, 9.17) is 14.4 Å². The third kappa shape index (κ3) is 2.19. The first kappa shape index (κ1) is 13.1. The maximum absolute atomic E-state index is 11.2. The van der Waals surface area contributed by atoms with Gasteiger partial charge in [0.25, 0.3) is 0 Å². The number of aromatic carboxylic acids is 1. The lowest BCUT2D eigenvalue weighted by Crippen LogP contribution is -2.01. The van der Waals surface area contributed by atoms with Gasteiger partial charge in [0.1, 0.15) is 11.5 Å². The molecule has 0 bridgehead atoms. The van der Waals surface area contributed by atoms with Gasteiger partial charge in [0.15, 0.2) is 5.69 Å². The molecule has 1 aromatic heterocycles. The van der Waals surface area contributed by atoms with E-state index >= 15 is 0 Å². The molecule has 2 rings (SSSR count). The van der Waals surface area contributed by atoms with E-state index in [0.717, 1.165) is 11.1 Å². The average Bonchev–Trinajstić information content (AvgIpc) is 2.74. The Morgan fingerprint density at radius 2 is 1.89 bits per heavy atom. The molecule has 0 saturated carbocycles. The number of methoxy groups -OCH3 is 1. The van der Waals surface area contributed by atoms with Crippen molar-refractivity contribution < 1.29 is 19.2 Å². The van der Waals surface area contributed by atoms with Crippen molar-refractivity contribution >= 4 is 5.97 Å². The molecule has 0 aliphatic heterocycles. The Balaban J connectivity index is 2.75. The number of ether oxygens (including phenoxy) is 1. The zero-order valence-corrected chi connectivity index (χ0v) is 11.3. The van der Waals surface area contributed by atoms with Crippen LogP contribution in [-0.2, 0) is 0 Å². The van der Waals surface area contributed by atoms with Crippen molar-refractivity contribution in [1.82, 2.24) is 5.16 Å². The summed E-state index contributed by atoms with van der Waals surface area (Å²) in [6.45, 7) is 5.62. The minimum atomic E-state index is -1.12. The van der Waals surface area contributed by atoms with Gasteiger partial charge in [-0.15, -0.1) is 0 Å². The third-order valence-electron chi connectivity index (χ3n) is 3.15. The average molecular weight is 261 g/mol. The molecule has 1 N–H and O–H groups in total. The number of hydrogen-bond donors (Lipinski definition) is 1. The highest BCUT2D eigenvalue weighted by molar-refractivity contribution is 5.95. The molecular weight excluding hydrogens is 246 g/mol. The quantitative estimate of drug-likeness (QED) is 0.919. The van der Waals surface area contributed by atoms with Crippen LogP contribution in [0.2, 0.25) is 0 Å². The van der Waals surface area contributed by atoms with Crippen LogP contribution in [0.25, 0.3) is 11.1 Å². The molecule has 0 unspecified atom stereocenters. The van der Waals surface area contributed by atoms with Crippen LogP contribution in [-0.4, -0.2) is 23.3 Å². The van der Waals surface area contributed by atoms with E-state index in [2.05, 4.69) is 5.16 Å². The smallest absolute Gasteiger partial charge is 0.358 e. The SMILES string of the molecule is COc1cc(C)c(C)cc1-c1c(C(=O)O)noc1C. The molecule has 0 aliphatic rings. The molecule has 100 valence electrons. The fourth-order valence-electron chi connectivity index (χ4n) is 1.99. The van der Waals surface area contributed by atoms with Crippen molar-refractivity contribution in [3.8, 4) is 16.9 Å². The van der Waals surface area contributed by atoms with Crippen molar-refractivity contribution in [3.63, 3.8) is 0 Å². The van der Waals surface area contributed by atoms with Crippen LogP contribution in [0.4, 0.5) is 0 Å². The van der Waals surface area contributed by atoms with Gasteiger partial charge in [-0.1, -0.05) is 5.16 Å². The molecule has 0 saturated heterocycles. The maximum Gasteiger partial charge on any atom is 0.358 e. The van der Waals surface area contributed by atoms with Crippen LogP contribution in [0.1, 0.15) is 27.4 Å². The Labute approximate surface area is 110 Å². The minimum absolute atomic E-state index is 0.0981. The fraction of sp³-hybridized carbons (Fsp3) is 0.286. The summed E-state index contributed by atoms with van der Waals surface area (Å²) in [7, 11) is 1.55. The number of carboxylic acids is 1. The van der Waals surface area contributed by atoms with E-state index in [9.17, 15) is 4.79 Å². The lowest BCUT2D eigenvalue weighted by Gasteiger charge is -2.11. The number of aryl methyl sites for hydroxylation is 3. The molecule has 0 aliphatic carbocycles. The van der Waals surface area contributed by atoms with Crippen LogP contribution < -0.4 is 4.74 Å². The first-order chi connectivity index (χ1) is 8.95. The highest BCUT2D eigenvalue weighted by Crippen LogP contribution is 2.36. The van der Waals surface area contributed by atoms with E-state index < -0.39 is 5.97 Å². The molecule has 0 atom stereocenters. The Morgan fingerprint density at radius 1 is 1.26 bits per heavy atom. The molecule has 1 aromatic carbocycles. The van der Waals surface area contributed by atoms with Gasteiger partial charge in [-0.25, -0.2) is 4.79 Å². The van der Waals surface area contributed by atoms with Crippen LogP contribution in [0.15, 0.2) is 16.7 Å². The van der Waals surface area contributed by atoms with Gasteiger partial charge >= 0.3 is 5.97 Å². The van der Waals surface area contributed by atoms with E-state index in [1.54, 1.807) is 14.0 Å². The molecule has 5 nitrogen and oxygen atoms in total. The van der Waals surface area contributed by atoms with E-state index in [-0.39, 0.29) is 5.69 Å². The second-order valence-corrected chi connectivity index (χ2v) is 4.40. The Hall–Kier alpha value is -2.30. The van der Waals surface area contributed by atoms with Gasteiger partial charge in [0.05, 0.1) is 12.7 Å². The summed E-state index contributed by atoms with van der Waals surface area (Å²) >= 11 is 0. The molecular formula is C14H15NO4. The van der Waals surface area contributed by atoms with E-state index in [1.807, 2.05) is 26.0 Å². The van der Waals surface area contributed by atoms with Crippen molar-refractivity contribution in [3.05, 3.63) is 34.7 Å². The van der Waals surface area contributed by atoms with Gasteiger partial charge in [-0.3, -0.25) is 0 Å². The molecule has 0 radical (unpaired) electrons. The topological polar surface area (TPSA) is 72.6 Å². The summed E-state index contributed by atoms with van der Waals surface area (Å²) in [5.41, 5.74) is 3.17. The predicted molar refractivity (Wildman–Crippen MR) is 69.7 cm³/mol. The fourth-order valence-corrected chi connectivity index (χ4v) is 1.99. The molecule has 0 amide bonds. The normalized spacial score (nSPS) is 10.5. The van der Waals surface area contributed by atoms with Crippen molar-refractivity contribution in [2.45, 2.75) is 20.8 Å². The third-order valence-corrected chi connectivity index (χ3v) is 3.15. The van der Waals surface area contributed by atoms with E-state index in [0.29, 0.717) is 22.6 Å². The number of benzene rings is 1. The molecule has 19 heavy (non-hydrogen) atoms. The summed E-state index contributed by atoms with van der Waals surface area (Å²) in [5.74, 6) is -0.0528. The highest BCUT2D eigenvalue weighted by Gasteiger charge is 2.23. The Morgan fingerprint density at radius 3 is 2.47 bits per heavy atom. The van der Waals surface area contributed by atoms with E-state index in [1.165, 1.54) is 0 Å². The monoisotopic (exact) mass is 261 g/mol. The Kier molecular flexibility index (Phi) is 3.29. The zero-order chi connectivity index (χ0) is 14.2. The number of aromatic nitrogens is 1. The lowest BCUT2D eigenvalue weighted by molar-refractivity contribution is 0.0686. The van der Waals surface area contributed by atoms with Crippen LogP contribution >= 0.6 is 0 Å². The second kappa shape index (κ2) is 4.76. The van der Waals surface area contributed by atoms with Gasteiger partial charge in [0, 0.05) is 5.56 Å². The summed E-state index contributed by atoms with van der Waals surface area (Å²) < 4.78 is 10.3. The summed E-state index contributed by atoms with van der Waals surface area (Å²) in [4.78, 5) is 11.2. The second-order valence-electron chi connectivity index (χ2n) is 4.40. The number of nitrogens with zero attached hydrogens (tertiary/aromatic N) is 1. The molecule has 5 heteroatoms. The standard InChI is InChI=1S/C14H15NO4/c1-7-5-10(11(18-4)6-8(7)2)12-9(3)19-15-13(12)14(16)17/h5-6H,1-4H3,(H,16,17). The van der Waals surface area contributed by atoms with Gasteiger partial charge in [-0.2, -0.15) is 0 Å². The summed E-state index contributed by atoms with van der Waals surface area (Å²) in [5, 5.41) is 12.8. The number of hydrogen-bond acceptors (Lipinski definition) is 4. The van der Waals surface area contributed by atoms with Crippen molar-refractivity contribution in [1.29, 1.82) is 0 Å². The first-order valence-corrected chi connectivity index (χ1v) is 5.81. The van der Waals surface area contributed by atoms with Crippen LogP contribution in [0.3, 0.4) is 0 Å². The van der Waals surface area contributed by atoms with Crippen molar-refractivity contribution in [2.24, 2.45) is 0 Å². The zero-order valence-electron chi connectivity index (χ0n) is 11.3. The lowest BCUT2D eigenvalue weighted by atomic mass is 9.98. The minimum Gasteiger partial charge on any atom is -0.496 e. The number of carbonyl (C=O) groups is 1. The molecule has 2 aromatic rings. The number of rotatable bonds is 3. The highest BCUT2D eigenvalue weighted by atomic mass is 16.5. The molecule has 1 heterocycles. The molecule has 0 spiro atoms. The predicted octanol–water partition coefficient (Wildman–Crippen LogP) is 2.97. The largest absolute Gasteiger partial charge is 0.496 e. The summed E-state index contributed by atoms with van der Waals surface area (Å²) in [6, 6.07) is 3.77. The van der Waals surface area contributed by atoms with Gasteiger partial charge < -0.3 is 14.4 Å². The van der Waals surface area contributed by atoms with Gasteiger partial charge in [0.2, 0.25) is 0 Å². The summed E-state index contributed by atoms with van der Waals surface area (Å²) in [6.07, 6.45) is 0.